The summed E-state index contributed by atoms with van der Waals surface area (Å²) in [5.74, 6) is -0.216. The highest BCUT2D eigenvalue weighted by atomic mass is 79.9. The molecule has 0 fully saturated rings. The number of sulfonamides is 1. The molecule has 2 aromatic carbocycles. The van der Waals surface area contributed by atoms with Crippen LogP contribution in [0.25, 0.3) is 0 Å². The van der Waals surface area contributed by atoms with Gasteiger partial charge in [-0.1, -0.05) is 15.9 Å². The zero-order chi connectivity index (χ0) is 20.2. The Morgan fingerprint density at radius 1 is 1.00 bits per heavy atom. The Hall–Kier alpha value is -1.90. The second-order valence-electron chi connectivity index (χ2n) is 6.62. The molecular weight excluding hydrogens is 430 g/mol. The van der Waals surface area contributed by atoms with E-state index in [0.717, 1.165) is 15.7 Å². The molecule has 1 amide bonds. The van der Waals surface area contributed by atoms with Gasteiger partial charge in [-0.3, -0.25) is 4.79 Å². The lowest BCUT2D eigenvalue weighted by Crippen LogP contribution is -2.32. The number of carbonyl (C=O) groups excluding carboxylic acids is 1. The van der Waals surface area contributed by atoms with Crippen LogP contribution in [0.15, 0.2) is 51.8 Å². The fourth-order valence-corrected chi connectivity index (χ4v) is 3.89. The van der Waals surface area contributed by atoms with Crippen LogP contribution in [0.2, 0.25) is 0 Å². The molecule has 27 heavy (non-hydrogen) atoms. The second kappa shape index (κ2) is 8.86. The lowest BCUT2D eigenvalue weighted by atomic mass is 10.2. The highest BCUT2D eigenvalue weighted by Gasteiger charge is 2.16. The number of anilines is 2. The fraction of sp³-hybridized carbons (Fsp3) is 0.316. The Kier molecular flexibility index (Phi) is 7.02. The molecular formula is C19H24BrN3O3S. The van der Waals surface area contributed by atoms with E-state index in [0.29, 0.717) is 5.69 Å². The molecule has 0 heterocycles. The number of hydrogen-bond acceptors (Lipinski definition) is 4. The Bertz CT molecular complexity index is 912. The summed E-state index contributed by atoms with van der Waals surface area (Å²) in [4.78, 5) is 12.5. The van der Waals surface area contributed by atoms with Crippen molar-refractivity contribution in [3.63, 3.8) is 0 Å². The van der Waals surface area contributed by atoms with Crippen molar-refractivity contribution < 1.29 is 13.2 Å². The maximum absolute atomic E-state index is 12.4. The van der Waals surface area contributed by atoms with Gasteiger partial charge in [0.1, 0.15) is 6.04 Å². The van der Waals surface area contributed by atoms with Gasteiger partial charge in [0, 0.05) is 21.9 Å². The topological polar surface area (TPSA) is 87.3 Å². The smallest absolute Gasteiger partial charge is 0.246 e. The molecule has 0 saturated carbocycles. The second-order valence-corrected chi connectivity index (χ2v) is 9.19. The monoisotopic (exact) mass is 453 g/mol. The van der Waals surface area contributed by atoms with Gasteiger partial charge in [0.05, 0.1) is 4.90 Å². The van der Waals surface area contributed by atoms with Crippen LogP contribution in [-0.2, 0) is 14.8 Å². The van der Waals surface area contributed by atoms with Crippen molar-refractivity contribution in [1.82, 2.24) is 4.72 Å². The summed E-state index contributed by atoms with van der Waals surface area (Å²) < 4.78 is 27.8. The van der Waals surface area contributed by atoms with Crippen LogP contribution in [0.5, 0.6) is 0 Å². The van der Waals surface area contributed by atoms with E-state index in [9.17, 15) is 13.2 Å². The lowest BCUT2D eigenvalue weighted by molar-refractivity contribution is -0.116. The first kappa shape index (κ1) is 21.4. The molecule has 1 atom stereocenters. The van der Waals surface area contributed by atoms with Crippen molar-refractivity contribution in [3.05, 3.63) is 52.5 Å². The number of carbonyl (C=O) groups is 1. The van der Waals surface area contributed by atoms with Gasteiger partial charge in [-0.05, 0) is 75.7 Å². The normalized spacial score (nSPS) is 12.7. The summed E-state index contributed by atoms with van der Waals surface area (Å²) in [7, 11) is -3.55. The Labute approximate surface area is 168 Å². The number of rotatable bonds is 7. The van der Waals surface area contributed by atoms with Gasteiger partial charge in [0.25, 0.3) is 0 Å². The van der Waals surface area contributed by atoms with E-state index >= 15 is 0 Å². The molecule has 2 aromatic rings. The quantitative estimate of drug-likeness (QED) is 0.593. The van der Waals surface area contributed by atoms with Gasteiger partial charge in [-0.25, -0.2) is 13.1 Å². The molecule has 0 saturated heterocycles. The molecule has 1 unspecified atom stereocenters. The molecule has 6 nitrogen and oxygen atoms in total. The van der Waals surface area contributed by atoms with E-state index in [1.54, 1.807) is 32.9 Å². The van der Waals surface area contributed by atoms with E-state index in [1.807, 2.05) is 25.1 Å². The minimum absolute atomic E-state index is 0.158. The van der Waals surface area contributed by atoms with E-state index in [1.165, 1.54) is 12.1 Å². The Morgan fingerprint density at radius 3 is 2.15 bits per heavy atom. The highest BCUT2D eigenvalue weighted by molar-refractivity contribution is 9.10. The van der Waals surface area contributed by atoms with Gasteiger partial charge < -0.3 is 10.6 Å². The van der Waals surface area contributed by atoms with Crippen LogP contribution in [0.1, 0.15) is 26.3 Å². The van der Waals surface area contributed by atoms with E-state index in [2.05, 4.69) is 31.3 Å². The van der Waals surface area contributed by atoms with E-state index in [4.69, 9.17) is 0 Å². The number of amides is 1. The van der Waals surface area contributed by atoms with E-state index < -0.39 is 16.1 Å². The third-order valence-electron chi connectivity index (χ3n) is 3.76. The highest BCUT2D eigenvalue weighted by Crippen LogP contribution is 2.21. The van der Waals surface area contributed by atoms with Crippen LogP contribution >= 0.6 is 15.9 Å². The lowest BCUT2D eigenvalue weighted by Gasteiger charge is -2.16. The van der Waals surface area contributed by atoms with Crippen molar-refractivity contribution in [3.8, 4) is 0 Å². The molecule has 0 aliphatic rings. The molecule has 0 bridgehead atoms. The van der Waals surface area contributed by atoms with Crippen LogP contribution in [0.4, 0.5) is 11.4 Å². The van der Waals surface area contributed by atoms with Crippen molar-refractivity contribution in [2.75, 3.05) is 10.6 Å². The summed E-state index contributed by atoms with van der Waals surface area (Å²) in [6.07, 6.45) is 0. The number of nitrogens with one attached hydrogen (secondary N) is 3. The first-order valence-corrected chi connectivity index (χ1v) is 10.8. The maximum Gasteiger partial charge on any atom is 0.246 e. The van der Waals surface area contributed by atoms with Crippen molar-refractivity contribution in [2.24, 2.45) is 0 Å². The van der Waals surface area contributed by atoms with Crippen molar-refractivity contribution >= 4 is 43.2 Å². The van der Waals surface area contributed by atoms with Gasteiger partial charge in [-0.2, -0.15) is 0 Å². The zero-order valence-electron chi connectivity index (χ0n) is 15.7. The summed E-state index contributed by atoms with van der Waals surface area (Å²) in [6.45, 7) is 7.25. The Balaban J connectivity index is 2.01. The third kappa shape index (κ3) is 6.05. The molecule has 8 heteroatoms. The minimum Gasteiger partial charge on any atom is -0.374 e. The summed E-state index contributed by atoms with van der Waals surface area (Å²) >= 11 is 3.45. The van der Waals surface area contributed by atoms with Crippen molar-refractivity contribution in [2.45, 2.75) is 44.7 Å². The summed E-state index contributed by atoms with van der Waals surface area (Å²) in [5.41, 5.74) is 2.45. The molecule has 2 rings (SSSR count). The first-order chi connectivity index (χ1) is 12.6. The standard InChI is InChI=1S/C19H24BrN3O3S/c1-12(2)23-27(25,26)17-8-5-15(6-9-17)22-19(24)14(4)21-16-7-10-18(20)13(3)11-16/h5-12,14,21,23H,1-4H3,(H,22,24). The molecule has 0 spiro atoms. The number of hydrogen-bond donors (Lipinski definition) is 3. The summed E-state index contributed by atoms with van der Waals surface area (Å²) in [5, 5.41) is 5.93. The Morgan fingerprint density at radius 2 is 1.59 bits per heavy atom. The van der Waals surface area contributed by atoms with Crippen LogP contribution in [0.3, 0.4) is 0 Å². The number of halogens is 1. The largest absolute Gasteiger partial charge is 0.374 e. The molecule has 0 radical (unpaired) electrons. The average molecular weight is 454 g/mol. The molecule has 0 aliphatic heterocycles. The zero-order valence-corrected chi connectivity index (χ0v) is 18.1. The predicted molar refractivity (Wildman–Crippen MR) is 112 cm³/mol. The van der Waals surface area contributed by atoms with Gasteiger partial charge >= 0.3 is 0 Å². The predicted octanol–water partition coefficient (Wildman–Crippen LogP) is 3.88. The fourth-order valence-electron chi connectivity index (χ4n) is 2.40. The third-order valence-corrected chi connectivity index (χ3v) is 6.32. The summed E-state index contributed by atoms with van der Waals surface area (Å²) in [6, 6.07) is 11.2. The number of aryl methyl sites for hydroxylation is 1. The van der Waals surface area contributed by atoms with Gasteiger partial charge in [0.2, 0.25) is 15.9 Å². The SMILES string of the molecule is Cc1cc(NC(C)C(=O)Nc2ccc(S(=O)(=O)NC(C)C)cc2)ccc1Br. The first-order valence-electron chi connectivity index (χ1n) is 8.54. The maximum atomic E-state index is 12.4. The molecule has 0 aliphatic carbocycles. The van der Waals surface area contributed by atoms with Crippen LogP contribution in [-0.4, -0.2) is 26.4 Å². The van der Waals surface area contributed by atoms with Crippen LogP contribution < -0.4 is 15.4 Å². The molecule has 0 aromatic heterocycles. The van der Waals surface area contributed by atoms with Crippen molar-refractivity contribution in [1.29, 1.82) is 0 Å². The van der Waals surface area contributed by atoms with Gasteiger partial charge in [0.15, 0.2) is 0 Å². The van der Waals surface area contributed by atoms with E-state index in [-0.39, 0.29) is 16.8 Å². The molecule has 3 N–H and O–H groups in total. The molecule has 146 valence electrons. The van der Waals surface area contributed by atoms with Gasteiger partial charge in [-0.15, -0.1) is 0 Å². The van der Waals surface area contributed by atoms with Crippen LogP contribution in [0, 0.1) is 6.92 Å². The minimum atomic E-state index is -3.55. The average Bonchev–Trinajstić information content (AvgIpc) is 2.57. The number of benzene rings is 2.